The summed E-state index contributed by atoms with van der Waals surface area (Å²) in [6.45, 7) is 0.905. The summed E-state index contributed by atoms with van der Waals surface area (Å²) in [6.07, 6.45) is -10.4. The molecule has 0 unspecified atom stereocenters. The molecule has 7 nitrogen and oxygen atoms in total. The summed E-state index contributed by atoms with van der Waals surface area (Å²) in [5.41, 5.74) is -1.49. The lowest BCUT2D eigenvalue weighted by atomic mass is 10.1. The number of nitrogens with zero attached hydrogens (tertiary/aromatic N) is 5. The first kappa shape index (κ1) is 24.0. The molecule has 2 aromatic heterocycles. The molecule has 1 aromatic carbocycles. The number of benzene rings is 1. The van der Waals surface area contributed by atoms with E-state index in [2.05, 4.69) is 15.1 Å². The minimum Gasteiger partial charge on any atom is -0.258 e. The predicted molar refractivity (Wildman–Crippen MR) is 95.1 cm³/mol. The maximum atomic E-state index is 13.8. The molecule has 0 atom stereocenters. The highest BCUT2D eigenvalue weighted by atomic mass is 19.4. The number of pyridine rings is 1. The van der Waals surface area contributed by atoms with Gasteiger partial charge in [-0.3, -0.25) is 15.1 Å². The Morgan fingerprint density at radius 2 is 1.70 bits per heavy atom. The van der Waals surface area contributed by atoms with Gasteiger partial charge >= 0.3 is 18.3 Å². The fourth-order valence-electron chi connectivity index (χ4n) is 2.79. The van der Waals surface area contributed by atoms with E-state index in [1.54, 1.807) is 0 Å². The van der Waals surface area contributed by atoms with Crippen molar-refractivity contribution in [2.24, 2.45) is 0 Å². The average molecular weight is 481 g/mol. The molecule has 33 heavy (non-hydrogen) atoms. The van der Waals surface area contributed by atoms with Crippen LogP contribution in [0.5, 0.6) is 0 Å². The Labute approximate surface area is 178 Å². The van der Waals surface area contributed by atoms with E-state index in [0.717, 1.165) is 12.1 Å². The van der Waals surface area contributed by atoms with E-state index in [1.807, 2.05) is 0 Å². The number of alkyl halides is 8. The first-order chi connectivity index (χ1) is 15.1. The van der Waals surface area contributed by atoms with Crippen molar-refractivity contribution in [3.05, 3.63) is 69.2 Å². The van der Waals surface area contributed by atoms with Gasteiger partial charge in [-0.1, -0.05) is 6.07 Å². The topological polar surface area (TPSA) is 86.7 Å². The highest BCUT2D eigenvalue weighted by molar-refractivity contribution is 5.50. The van der Waals surface area contributed by atoms with Crippen molar-refractivity contribution in [3.63, 3.8) is 0 Å². The number of halogens is 8. The van der Waals surface area contributed by atoms with Crippen LogP contribution in [-0.2, 0) is 18.6 Å². The van der Waals surface area contributed by atoms with E-state index in [4.69, 9.17) is 0 Å². The van der Waals surface area contributed by atoms with Gasteiger partial charge in [0.2, 0.25) is 5.82 Å². The third-order valence-corrected chi connectivity index (χ3v) is 4.42. The number of hydrogen-bond acceptors (Lipinski definition) is 5. The fraction of sp³-hybridized carbons (Fsp3) is 0.278. The fourth-order valence-corrected chi connectivity index (χ4v) is 2.79. The summed E-state index contributed by atoms with van der Waals surface area (Å²) in [7, 11) is 0. The highest BCUT2D eigenvalue weighted by Crippen LogP contribution is 2.43. The van der Waals surface area contributed by atoms with Crippen LogP contribution in [0.15, 0.2) is 36.5 Å². The van der Waals surface area contributed by atoms with Crippen LogP contribution in [0, 0.1) is 17.0 Å². The van der Waals surface area contributed by atoms with E-state index in [-0.39, 0.29) is 16.8 Å². The van der Waals surface area contributed by atoms with Gasteiger partial charge in [0.1, 0.15) is 5.69 Å². The molecule has 0 saturated heterocycles. The van der Waals surface area contributed by atoms with Gasteiger partial charge in [0.15, 0.2) is 5.82 Å². The normalized spacial score (nSPS) is 12.8. The molecule has 0 aliphatic carbocycles. The van der Waals surface area contributed by atoms with Crippen LogP contribution in [0.1, 0.15) is 22.5 Å². The zero-order valence-electron chi connectivity index (χ0n) is 16.2. The maximum absolute atomic E-state index is 13.8. The summed E-state index contributed by atoms with van der Waals surface area (Å²) >= 11 is 0. The Morgan fingerprint density at radius 3 is 2.18 bits per heavy atom. The molecule has 15 heteroatoms. The van der Waals surface area contributed by atoms with Gasteiger partial charge in [-0.15, -0.1) is 5.10 Å². The largest absolute Gasteiger partial charge is 0.461 e. The SMILES string of the molecule is Cc1cc(Cn2nc(C(F)(F)C(F)(F)F)nc2-c2ccc(C(F)(F)F)cn2)ccc1[N+](=O)[O-]. The van der Waals surface area contributed by atoms with Crippen LogP contribution in [0.25, 0.3) is 11.5 Å². The molecule has 3 rings (SSSR count). The van der Waals surface area contributed by atoms with Crippen molar-refractivity contribution in [3.8, 4) is 11.5 Å². The van der Waals surface area contributed by atoms with Gasteiger partial charge in [-0.25, -0.2) is 9.67 Å². The van der Waals surface area contributed by atoms with E-state index < -0.39 is 52.6 Å². The van der Waals surface area contributed by atoms with Crippen LogP contribution in [0.3, 0.4) is 0 Å². The summed E-state index contributed by atoms with van der Waals surface area (Å²) in [5.74, 6) is -8.03. The molecule has 0 spiro atoms. The van der Waals surface area contributed by atoms with Crippen molar-refractivity contribution in [2.45, 2.75) is 31.7 Å². The lowest BCUT2D eigenvalue weighted by molar-refractivity contribution is -0.385. The number of aryl methyl sites for hydroxylation is 1. The summed E-state index contributed by atoms with van der Waals surface area (Å²) in [5, 5.41) is 14.2. The molecule has 2 heterocycles. The Bertz CT molecular complexity index is 1190. The van der Waals surface area contributed by atoms with Crippen LogP contribution >= 0.6 is 0 Å². The molecule has 176 valence electrons. The Kier molecular flexibility index (Phi) is 5.85. The molecular weight excluding hydrogens is 470 g/mol. The van der Waals surface area contributed by atoms with Crippen LogP contribution in [0.4, 0.5) is 40.8 Å². The number of nitro benzene ring substituents is 1. The summed E-state index contributed by atoms with van der Waals surface area (Å²) in [6, 6.07) is 4.91. The second-order valence-corrected chi connectivity index (χ2v) is 6.80. The minimum atomic E-state index is -6.03. The molecular formula is C18H11F8N5O2. The Hall–Kier alpha value is -3.65. The Morgan fingerprint density at radius 1 is 1.03 bits per heavy atom. The Balaban J connectivity index is 2.10. The smallest absolute Gasteiger partial charge is 0.258 e. The number of aromatic nitrogens is 4. The van der Waals surface area contributed by atoms with Crippen molar-refractivity contribution >= 4 is 5.69 Å². The van der Waals surface area contributed by atoms with Crippen molar-refractivity contribution in [2.75, 3.05) is 0 Å². The van der Waals surface area contributed by atoms with Crippen molar-refractivity contribution in [1.29, 1.82) is 0 Å². The minimum absolute atomic E-state index is 0.174. The van der Waals surface area contributed by atoms with Crippen LogP contribution in [-0.4, -0.2) is 30.8 Å². The first-order valence-corrected chi connectivity index (χ1v) is 8.78. The monoisotopic (exact) mass is 481 g/mol. The lowest BCUT2D eigenvalue weighted by Gasteiger charge is -2.15. The number of rotatable bonds is 5. The zero-order valence-corrected chi connectivity index (χ0v) is 16.2. The van der Waals surface area contributed by atoms with Crippen LogP contribution in [0.2, 0.25) is 0 Å². The molecule has 0 aliphatic heterocycles. The second kappa shape index (κ2) is 8.04. The maximum Gasteiger partial charge on any atom is 0.461 e. The summed E-state index contributed by atoms with van der Waals surface area (Å²) < 4.78 is 105. The van der Waals surface area contributed by atoms with E-state index in [0.29, 0.717) is 16.9 Å². The number of nitro groups is 1. The molecule has 0 saturated carbocycles. The molecule has 0 radical (unpaired) electrons. The average Bonchev–Trinajstić information content (AvgIpc) is 3.10. The van der Waals surface area contributed by atoms with Gasteiger partial charge < -0.3 is 0 Å². The first-order valence-electron chi connectivity index (χ1n) is 8.78. The summed E-state index contributed by atoms with van der Waals surface area (Å²) in [4.78, 5) is 16.9. The molecule has 0 bridgehead atoms. The van der Waals surface area contributed by atoms with Gasteiger partial charge in [0.25, 0.3) is 5.69 Å². The third-order valence-electron chi connectivity index (χ3n) is 4.42. The van der Waals surface area contributed by atoms with E-state index >= 15 is 0 Å². The van der Waals surface area contributed by atoms with E-state index in [1.165, 1.54) is 19.1 Å². The van der Waals surface area contributed by atoms with E-state index in [9.17, 15) is 45.2 Å². The molecule has 0 fully saturated rings. The van der Waals surface area contributed by atoms with Crippen molar-refractivity contribution < 1.29 is 40.0 Å². The van der Waals surface area contributed by atoms with Crippen LogP contribution < -0.4 is 0 Å². The van der Waals surface area contributed by atoms with Gasteiger partial charge in [0.05, 0.1) is 17.0 Å². The highest BCUT2D eigenvalue weighted by Gasteiger charge is 2.62. The molecule has 0 N–H and O–H groups in total. The second-order valence-electron chi connectivity index (χ2n) is 6.80. The zero-order chi connectivity index (χ0) is 24.8. The number of hydrogen-bond donors (Lipinski definition) is 0. The quantitative estimate of drug-likeness (QED) is 0.281. The molecule has 3 aromatic rings. The molecule has 0 aliphatic rings. The lowest BCUT2D eigenvalue weighted by Crippen LogP contribution is -2.35. The van der Waals surface area contributed by atoms with Gasteiger partial charge in [-0.05, 0) is 30.7 Å². The third kappa shape index (κ3) is 4.75. The molecule has 0 amide bonds. The van der Waals surface area contributed by atoms with Gasteiger partial charge in [0, 0.05) is 17.8 Å². The van der Waals surface area contributed by atoms with Gasteiger partial charge in [-0.2, -0.15) is 35.1 Å². The van der Waals surface area contributed by atoms with Crippen molar-refractivity contribution in [1.82, 2.24) is 19.7 Å². The predicted octanol–water partition coefficient (Wildman–Crippen LogP) is 5.28. The standard InChI is InChI=1S/C18H11F8N5O2/c1-9-6-10(2-5-13(9)31(32)33)8-30-14(12-4-3-11(7-27-12)17(21,22)23)28-15(29-30)16(19,20)18(24,25)26/h2-7H,8H2,1H3.